The summed E-state index contributed by atoms with van der Waals surface area (Å²) in [6.45, 7) is 2.18. The Kier molecular flexibility index (Phi) is 4.49. The van der Waals surface area contributed by atoms with Gasteiger partial charge in [0.05, 0.1) is 10.9 Å². The summed E-state index contributed by atoms with van der Waals surface area (Å²) in [4.78, 5) is 43.2. The molecule has 2 aromatic heterocycles. The molecule has 0 saturated heterocycles. The van der Waals surface area contributed by atoms with Gasteiger partial charge >= 0.3 is 5.69 Å². The van der Waals surface area contributed by atoms with E-state index in [4.69, 9.17) is 0 Å². The van der Waals surface area contributed by atoms with Crippen LogP contribution in [0.15, 0.2) is 21.9 Å². The summed E-state index contributed by atoms with van der Waals surface area (Å²) in [7, 11) is 4.81. The molecule has 0 bridgehead atoms. The molecule has 0 N–H and O–H groups in total. The first-order valence-corrected chi connectivity index (χ1v) is 8.66. The highest BCUT2D eigenvalue weighted by Crippen LogP contribution is 2.28. The molecule has 134 valence electrons. The Morgan fingerprint density at radius 2 is 1.88 bits per heavy atom. The molecule has 0 spiro atoms. The molecular formula is C18H24N4O3. The molecule has 1 aliphatic carbocycles. The molecule has 0 aliphatic heterocycles. The third kappa shape index (κ3) is 2.88. The van der Waals surface area contributed by atoms with Crippen LogP contribution in [-0.2, 0) is 14.1 Å². The number of aryl methyl sites for hydroxylation is 1. The van der Waals surface area contributed by atoms with E-state index >= 15 is 0 Å². The summed E-state index contributed by atoms with van der Waals surface area (Å²) in [5.41, 5.74) is -0.201. The molecule has 1 fully saturated rings. The van der Waals surface area contributed by atoms with Crippen LogP contribution in [0.1, 0.15) is 43.0 Å². The predicted molar refractivity (Wildman–Crippen MR) is 95.7 cm³/mol. The molecule has 2 atom stereocenters. The van der Waals surface area contributed by atoms with Crippen molar-refractivity contribution >= 4 is 16.9 Å². The highest BCUT2D eigenvalue weighted by atomic mass is 16.2. The molecule has 1 saturated carbocycles. The zero-order valence-electron chi connectivity index (χ0n) is 15.2. The van der Waals surface area contributed by atoms with Crippen molar-refractivity contribution < 1.29 is 4.79 Å². The summed E-state index contributed by atoms with van der Waals surface area (Å²) < 4.78 is 2.35. The van der Waals surface area contributed by atoms with E-state index in [1.807, 2.05) is 7.05 Å². The minimum Gasteiger partial charge on any atom is -0.338 e. The molecular weight excluding hydrogens is 320 g/mol. The number of amides is 1. The Morgan fingerprint density at radius 1 is 1.20 bits per heavy atom. The van der Waals surface area contributed by atoms with Crippen LogP contribution in [0.25, 0.3) is 11.0 Å². The van der Waals surface area contributed by atoms with E-state index in [0.717, 1.165) is 23.8 Å². The standard InChI is InChI=1S/C18H24N4O3/c1-11-7-5-6-8-14(11)20(2)16(23)12-9-13-15(19-10-12)21(3)18(25)22(4)17(13)24/h9-11,14H,5-8H2,1-4H3/t11-,14-/m1/s1. The highest BCUT2D eigenvalue weighted by Gasteiger charge is 2.28. The molecule has 25 heavy (non-hydrogen) atoms. The van der Waals surface area contributed by atoms with Gasteiger partial charge in [-0.2, -0.15) is 0 Å². The predicted octanol–water partition coefficient (Wildman–Crippen LogP) is 1.28. The van der Waals surface area contributed by atoms with Gasteiger partial charge in [0.1, 0.15) is 5.65 Å². The van der Waals surface area contributed by atoms with Gasteiger partial charge in [-0.25, -0.2) is 9.78 Å². The second-order valence-electron chi connectivity index (χ2n) is 7.05. The average Bonchev–Trinajstić information content (AvgIpc) is 2.63. The molecule has 0 radical (unpaired) electrons. The minimum atomic E-state index is -0.436. The number of carbonyl (C=O) groups excluding carboxylic acids is 1. The zero-order chi connectivity index (χ0) is 18.3. The van der Waals surface area contributed by atoms with Gasteiger partial charge in [0, 0.05) is 33.4 Å². The fraction of sp³-hybridized carbons (Fsp3) is 0.556. The van der Waals surface area contributed by atoms with Crippen molar-refractivity contribution in [3.8, 4) is 0 Å². The summed E-state index contributed by atoms with van der Waals surface area (Å²) in [5, 5.41) is 0.278. The van der Waals surface area contributed by atoms with Crippen LogP contribution in [0.3, 0.4) is 0 Å². The first kappa shape index (κ1) is 17.4. The van der Waals surface area contributed by atoms with Crippen molar-refractivity contribution in [1.82, 2.24) is 19.0 Å². The molecule has 0 unspecified atom stereocenters. The number of aromatic nitrogens is 3. The molecule has 2 heterocycles. The zero-order valence-corrected chi connectivity index (χ0v) is 15.2. The SMILES string of the molecule is C[C@@H]1CCCC[C@H]1N(C)C(=O)c1cnc2c(c1)c(=O)n(C)c(=O)n2C. The molecule has 1 aliphatic rings. The normalized spacial score (nSPS) is 20.6. The van der Waals surface area contributed by atoms with E-state index in [1.54, 1.807) is 18.0 Å². The number of hydrogen-bond donors (Lipinski definition) is 0. The van der Waals surface area contributed by atoms with Crippen molar-refractivity contribution in [2.75, 3.05) is 7.05 Å². The average molecular weight is 344 g/mol. The Bertz CT molecular complexity index is 944. The molecule has 1 amide bonds. The summed E-state index contributed by atoms with van der Waals surface area (Å²) in [5.74, 6) is 0.328. The minimum absolute atomic E-state index is 0.135. The van der Waals surface area contributed by atoms with Crippen LogP contribution in [0.5, 0.6) is 0 Å². The van der Waals surface area contributed by atoms with E-state index in [9.17, 15) is 14.4 Å². The van der Waals surface area contributed by atoms with Crippen molar-refractivity contribution in [2.45, 2.75) is 38.6 Å². The van der Waals surface area contributed by atoms with Crippen LogP contribution in [0, 0.1) is 5.92 Å². The number of fused-ring (bicyclic) bond motifs is 1. The molecule has 3 rings (SSSR count). The first-order chi connectivity index (χ1) is 11.8. The Hall–Kier alpha value is -2.44. The van der Waals surface area contributed by atoms with Crippen LogP contribution in [0.4, 0.5) is 0 Å². The largest absolute Gasteiger partial charge is 0.338 e. The van der Waals surface area contributed by atoms with Gasteiger partial charge in [-0.15, -0.1) is 0 Å². The lowest BCUT2D eigenvalue weighted by Gasteiger charge is -2.36. The monoisotopic (exact) mass is 344 g/mol. The lowest BCUT2D eigenvalue weighted by molar-refractivity contribution is 0.0628. The number of rotatable bonds is 2. The van der Waals surface area contributed by atoms with E-state index in [2.05, 4.69) is 11.9 Å². The summed E-state index contributed by atoms with van der Waals surface area (Å²) in [6.07, 6.45) is 5.92. The third-order valence-electron chi connectivity index (χ3n) is 5.42. The quantitative estimate of drug-likeness (QED) is 0.822. The Morgan fingerprint density at radius 3 is 2.56 bits per heavy atom. The maximum Gasteiger partial charge on any atom is 0.332 e. The Balaban J connectivity index is 2.03. The highest BCUT2D eigenvalue weighted by molar-refractivity contribution is 5.96. The maximum atomic E-state index is 12.9. The van der Waals surface area contributed by atoms with Gasteiger partial charge in [0.25, 0.3) is 11.5 Å². The first-order valence-electron chi connectivity index (χ1n) is 8.66. The maximum absolute atomic E-state index is 12.9. The van der Waals surface area contributed by atoms with Gasteiger partial charge < -0.3 is 4.90 Å². The van der Waals surface area contributed by atoms with Gasteiger partial charge in [-0.1, -0.05) is 19.8 Å². The summed E-state index contributed by atoms with van der Waals surface area (Å²) in [6, 6.07) is 1.76. The number of pyridine rings is 1. The van der Waals surface area contributed by atoms with Crippen molar-refractivity contribution in [2.24, 2.45) is 20.0 Å². The topological polar surface area (TPSA) is 77.2 Å². The van der Waals surface area contributed by atoms with Gasteiger partial charge in [-0.3, -0.25) is 18.7 Å². The fourth-order valence-electron chi connectivity index (χ4n) is 3.81. The van der Waals surface area contributed by atoms with Crippen LogP contribution in [0.2, 0.25) is 0 Å². The van der Waals surface area contributed by atoms with E-state index in [0.29, 0.717) is 17.1 Å². The van der Waals surface area contributed by atoms with Crippen molar-refractivity contribution in [3.63, 3.8) is 0 Å². The second-order valence-corrected chi connectivity index (χ2v) is 7.05. The number of nitrogens with zero attached hydrogens (tertiary/aromatic N) is 4. The fourth-order valence-corrected chi connectivity index (χ4v) is 3.81. The van der Waals surface area contributed by atoms with E-state index in [1.165, 1.54) is 24.2 Å². The van der Waals surface area contributed by atoms with Crippen LogP contribution >= 0.6 is 0 Å². The van der Waals surface area contributed by atoms with Gasteiger partial charge in [0.2, 0.25) is 0 Å². The molecule has 7 nitrogen and oxygen atoms in total. The molecule has 2 aromatic rings. The lowest BCUT2D eigenvalue weighted by Crippen LogP contribution is -2.43. The number of hydrogen-bond acceptors (Lipinski definition) is 4. The van der Waals surface area contributed by atoms with Crippen LogP contribution in [-0.4, -0.2) is 38.0 Å². The van der Waals surface area contributed by atoms with Gasteiger partial charge in [0.15, 0.2) is 0 Å². The van der Waals surface area contributed by atoms with Crippen LogP contribution < -0.4 is 11.2 Å². The smallest absolute Gasteiger partial charge is 0.332 e. The molecule has 7 heteroatoms. The van der Waals surface area contributed by atoms with Crippen molar-refractivity contribution in [3.05, 3.63) is 38.7 Å². The Labute approximate surface area is 145 Å². The summed E-state index contributed by atoms with van der Waals surface area (Å²) >= 11 is 0. The van der Waals surface area contributed by atoms with Crippen molar-refractivity contribution in [1.29, 1.82) is 0 Å². The lowest BCUT2D eigenvalue weighted by atomic mass is 9.85. The number of carbonyl (C=O) groups is 1. The third-order valence-corrected chi connectivity index (χ3v) is 5.42. The van der Waals surface area contributed by atoms with E-state index in [-0.39, 0.29) is 17.3 Å². The molecule has 0 aromatic carbocycles. The van der Waals surface area contributed by atoms with E-state index < -0.39 is 11.2 Å². The van der Waals surface area contributed by atoms with Gasteiger partial charge in [-0.05, 0) is 24.8 Å². The second kappa shape index (κ2) is 6.46.